The van der Waals surface area contributed by atoms with Crippen molar-refractivity contribution in [2.75, 3.05) is 12.4 Å². The molecule has 2 heterocycles. The molecule has 134 valence electrons. The molecule has 0 aliphatic rings. The van der Waals surface area contributed by atoms with Crippen molar-refractivity contribution in [1.82, 2.24) is 15.4 Å². The molecule has 0 spiro atoms. The number of carbonyl (C=O) groups excluding carboxylic acids is 1. The van der Waals surface area contributed by atoms with Crippen molar-refractivity contribution in [3.63, 3.8) is 0 Å². The number of hydrogen-bond acceptors (Lipinski definition) is 5. The van der Waals surface area contributed by atoms with Crippen LogP contribution in [0, 0.1) is 6.92 Å². The van der Waals surface area contributed by atoms with Gasteiger partial charge >= 0.3 is 0 Å². The quantitative estimate of drug-likeness (QED) is 0.424. The Hall–Kier alpha value is -3.51. The lowest BCUT2D eigenvalue weighted by Crippen LogP contribution is -2.21. The number of aromatic nitrogens is 2. The van der Waals surface area contributed by atoms with E-state index in [-0.39, 0.29) is 5.91 Å². The molecule has 2 aromatic heterocycles. The number of nitrogens with zero attached hydrogens (tertiary/aromatic N) is 2. The Morgan fingerprint density at radius 2 is 1.93 bits per heavy atom. The number of hydrogen-bond donors (Lipinski definition) is 2. The second-order valence-corrected chi connectivity index (χ2v) is 6.24. The van der Waals surface area contributed by atoms with E-state index in [2.05, 4.69) is 21.8 Å². The molecule has 0 fully saturated rings. The molecule has 0 atom stereocenters. The molecule has 4 rings (SSSR count). The molecule has 27 heavy (non-hydrogen) atoms. The molecule has 4 aromatic rings. The third-order valence-corrected chi connectivity index (χ3v) is 4.33. The molecule has 0 aliphatic heterocycles. The van der Waals surface area contributed by atoms with Gasteiger partial charge in [-0.15, -0.1) is 0 Å². The zero-order chi connectivity index (χ0) is 18.8. The summed E-state index contributed by atoms with van der Waals surface area (Å²) in [6, 6.07) is 15.4. The van der Waals surface area contributed by atoms with Crippen molar-refractivity contribution in [3.8, 4) is 0 Å². The Morgan fingerprint density at radius 1 is 1.04 bits per heavy atom. The number of nitrogens with one attached hydrogen (secondary N) is 2. The smallest absolute Gasteiger partial charge is 0.274 e. The first-order chi connectivity index (χ1) is 13.2. The van der Waals surface area contributed by atoms with E-state index in [9.17, 15) is 4.79 Å². The minimum Gasteiger partial charge on any atom is -0.340 e. The molecule has 2 N–H and O–H groups in total. The van der Waals surface area contributed by atoms with Gasteiger partial charge < -0.3 is 5.32 Å². The Kier molecular flexibility index (Phi) is 4.40. The molecule has 2 aromatic carbocycles. The van der Waals surface area contributed by atoms with Crippen LogP contribution in [-0.4, -0.2) is 23.0 Å². The van der Waals surface area contributed by atoms with Gasteiger partial charge in [-0.2, -0.15) is 0 Å². The topological polar surface area (TPSA) is 76.1 Å². The summed E-state index contributed by atoms with van der Waals surface area (Å²) in [5.74, 6) is 0.399. The van der Waals surface area contributed by atoms with Gasteiger partial charge in [0.2, 0.25) is 0 Å². The fourth-order valence-electron chi connectivity index (χ4n) is 3.10. The van der Waals surface area contributed by atoms with Crippen LogP contribution in [0.25, 0.3) is 21.7 Å². The summed E-state index contributed by atoms with van der Waals surface area (Å²) < 4.78 is 0. The zero-order valence-electron chi connectivity index (χ0n) is 15.0. The highest BCUT2D eigenvalue weighted by molar-refractivity contribution is 6.11. The van der Waals surface area contributed by atoms with E-state index in [0.29, 0.717) is 11.1 Å². The van der Waals surface area contributed by atoms with Gasteiger partial charge in [0.1, 0.15) is 5.82 Å². The van der Waals surface area contributed by atoms with Crippen LogP contribution in [0.3, 0.4) is 0 Å². The Labute approximate surface area is 156 Å². The van der Waals surface area contributed by atoms with Gasteiger partial charge in [-0.25, -0.2) is 10.5 Å². The number of pyridine rings is 2. The number of amides is 1. The second-order valence-electron chi connectivity index (χ2n) is 6.24. The minimum absolute atomic E-state index is 0.319. The van der Waals surface area contributed by atoms with Gasteiger partial charge in [0.05, 0.1) is 12.6 Å². The highest BCUT2D eigenvalue weighted by Crippen LogP contribution is 2.31. The summed E-state index contributed by atoms with van der Waals surface area (Å²) in [6.07, 6.45) is 3.56. The average Bonchev–Trinajstić information content (AvgIpc) is 2.68. The third-order valence-electron chi connectivity index (χ3n) is 4.33. The van der Waals surface area contributed by atoms with Crippen LogP contribution in [0.2, 0.25) is 0 Å². The minimum atomic E-state index is -0.319. The lowest BCUT2D eigenvalue weighted by atomic mass is 10.1. The first kappa shape index (κ1) is 16.9. The highest BCUT2D eigenvalue weighted by Gasteiger charge is 2.12. The first-order valence-corrected chi connectivity index (χ1v) is 8.50. The van der Waals surface area contributed by atoms with E-state index >= 15 is 0 Å². The molecule has 1 amide bonds. The molecule has 0 saturated heterocycles. The van der Waals surface area contributed by atoms with Crippen LogP contribution < -0.4 is 10.8 Å². The number of hydroxylamine groups is 1. The van der Waals surface area contributed by atoms with Crippen molar-refractivity contribution in [2.45, 2.75) is 6.92 Å². The number of fused-ring (bicyclic) bond motifs is 3. The summed E-state index contributed by atoms with van der Waals surface area (Å²) in [4.78, 5) is 25.8. The van der Waals surface area contributed by atoms with E-state index in [1.807, 2.05) is 43.5 Å². The van der Waals surface area contributed by atoms with Crippen LogP contribution in [0.1, 0.15) is 15.9 Å². The van der Waals surface area contributed by atoms with Gasteiger partial charge in [-0.3, -0.25) is 14.6 Å². The van der Waals surface area contributed by atoms with E-state index in [0.717, 1.165) is 33.2 Å². The predicted molar refractivity (Wildman–Crippen MR) is 106 cm³/mol. The van der Waals surface area contributed by atoms with Crippen LogP contribution in [0.5, 0.6) is 0 Å². The largest absolute Gasteiger partial charge is 0.340 e. The van der Waals surface area contributed by atoms with Crippen LogP contribution in [-0.2, 0) is 4.84 Å². The molecular weight excluding hydrogens is 340 g/mol. The normalized spacial score (nSPS) is 10.9. The molecule has 0 radical (unpaired) electrons. The Morgan fingerprint density at radius 3 is 2.74 bits per heavy atom. The summed E-state index contributed by atoms with van der Waals surface area (Å²) in [7, 11) is 1.40. The average molecular weight is 358 g/mol. The molecule has 0 aliphatic carbocycles. The molecule has 6 nitrogen and oxygen atoms in total. The molecule has 0 bridgehead atoms. The lowest BCUT2D eigenvalue weighted by molar-refractivity contribution is 0.0538. The van der Waals surface area contributed by atoms with Gasteiger partial charge in [0.25, 0.3) is 5.91 Å². The number of rotatable bonds is 4. The van der Waals surface area contributed by atoms with Crippen LogP contribution in [0.4, 0.5) is 11.5 Å². The maximum absolute atomic E-state index is 12.1. The lowest BCUT2D eigenvalue weighted by Gasteiger charge is -2.12. The maximum atomic E-state index is 12.1. The fraction of sp³-hybridized carbons (Fsp3) is 0.0952. The van der Waals surface area contributed by atoms with Gasteiger partial charge in [0.15, 0.2) is 0 Å². The molecule has 0 saturated carbocycles. The van der Waals surface area contributed by atoms with E-state index in [1.165, 1.54) is 7.11 Å². The van der Waals surface area contributed by atoms with Crippen molar-refractivity contribution in [1.29, 1.82) is 0 Å². The van der Waals surface area contributed by atoms with Crippen LogP contribution in [0.15, 0.2) is 60.9 Å². The van der Waals surface area contributed by atoms with Gasteiger partial charge in [-0.05, 0) is 42.8 Å². The summed E-state index contributed by atoms with van der Waals surface area (Å²) in [5, 5.41) is 6.26. The number of anilines is 2. The second kappa shape index (κ2) is 7.01. The van der Waals surface area contributed by atoms with Gasteiger partial charge in [-0.1, -0.05) is 18.2 Å². The number of carbonyl (C=O) groups is 1. The molecule has 6 heteroatoms. The SMILES string of the molecule is CONC(=O)c1ccc2c(c1)nc(Nc1cccc(C)c1)c1ccncc12. The van der Waals surface area contributed by atoms with Crippen molar-refractivity contribution >= 4 is 39.1 Å². The van der Waals surface area contributed by atoms with Crippen molar-refractivity contribution < 1.29 is 9.63 Å². The van der Waals surface area contributed by atoms with E-state index in [4.69, 9.17) is 9.82 Å². The highest BCUT2D eigenvalue weighted by atomic mass is 16.6. The van der Waals surface area contributed by atoms with Gasteiger partial charge in [0, 0.05) is 39.8 Å². The fourth-order valence-corrected chi connectivity index (χ4v) is 3.10. The van der Waals surface area contributed by atoms with Crippen molar-refractivity contribution in [3.05, 3.63) is 72.1 Å². The standard InChI is InChI=1S/C21H18N4O2/c1-13-4-3-5-15(10-13)23-20-17-8-9-22-12-18(17)16-7-6-14(11-19(16)24-20)21(26)25-27-2/h3-12H,1-2H3,(H,23,24)(H,25,26). The number of aryl methyl sites for hydroxylation is 1. The number of benzene rings is 2. The van der Waals surface area contributed by atoms with Crippen LogP contribution >= 0.6 is 0 Å². The zero-order valence-corrected chi connectivity index (χ0v) is 15.0. The molecule has 0 unspecified atom stereocenters. The van der Waals surface area contributed by atoms with E-state index in [1.54, 1.807) is 18.3 Å². The maximum Gasteiger partial charge on any atom is 0.274 e. The first-order valence-electron chi connectivity index (χ1n) is 8.50. The molecular formula is C21H18N4O2. The third kappa shape index (κ3) is 3.30. The summed E-state index contributed by atoms with van der Waals surface area (Å²) in [6.45, 7) is 2.04. The Balaban J connectivity index is 1.89. The van der Waals surface area contributed by atoms with Crippen molar-refractivity contribution in [2.24, 2.45) is 0 Å². The monoisotopic (exact) mass is 358 g/mol. The Bertz CT molecular complexity index is 1160. The summed E-state index contributed by atoms with van der Waals surface area (Å²) >= 11 is 0. The predicted octanol–water partition coefficient (Wildman–Crippen LogP) is 4.13. The summed E-state index contributed by atoms with van der Waals surface area (Å²) in [5.41, 5.74) is 5.62. The van der Waals surface area contributed by atoms with E-state index < -0.39 is 0 Å².